The fourth-order valence-corrected chi connectivity index (χ4v) is 1.32. The molecule has 0 saturated heterocycles. The Kier molecular flexibility index (Phi) is 4.56. The minimum absolute atomic E-state index is 0.202. The highest BCUT2D eigenvalue weighted by Gasteiger charge is 1.99. The lowest BCUT2D eigenvalue weighted by atomic mass is 10.2. The normalized spacial score (nSPS) is 10.9. The lowest BCUT2D eigenvalue weighted by Crippen LogP contribution is -2.19. The molecule has 0 unspecified atom stereocenters. The van der Waals surface area contributed by atoms with E-state index in [2.05, 4.69) is 4.90 Å². The van der Waals surface area contributed by atoms with Gasteiger partial charge in [0, 0.05) is 19.7 Å². The second-order valence-corrected chi connectivity index (χ2v) is 3.44. The van der Waals surface area contributed by atoms with E-state index >= 15 is 0 Å². The minimum atomic E-state index is -0.202. The first-order valence-corrected chi connectivity index (χ1v) is 4.76. The Morgan fingerprint density at radius 2 is 1.93 bits per heavy atom. The molecule has 1 aromatic carbocycles. The molecule has 0 aliphatic rings. The number of nitrogens with zero attached hydrogens (tertiary/aromatic N) is 1. The first kappa shape index (κ1) is 11.1. The highest BCUT2D eigenvalue weighted by atomic mass is 19.1. The zero-order valence-electron chi connectivity index (χ0n) is 8.41. The van der Waals surface area contributed by atoms with Crippen molar-refractivity contribution >= 4 is 0 Å². The van der Waals surface area contributed by atoms with Gasteiger partial charge in [0.2, 0.25) is 0 Å². The molecule has 0 radical (unpaired) electrons. The van der Waals surface area contributed by atoms with Gasteiger partial charge in [-0.2, -0.15) is 0 Å². The average Bonchev–Trinajstić information content (AvgIpc) is 2.18. The quantitative estimate of drug-likeness (QED) is 0.775. The molecular formula is C11H16FNO. The molecule has 0 aliphatic heterocycles. The molecule has 1 N–H and O–H groups in total. The van der Waals surface area contributed by atoms with Crippen molar-refractivity contribution in [2.45, 2.75) is 13.0 Å². The van der Waals surface area contributed by atoms with E-state index in [0.29, 0.717) is 0 Å². The van der Waals surface area contributed by atoms with Crippen LogP contribution in [0, 0.1) is 5.82 Å². The van der Waals surface area contributed by atoms with Gasteiger partial charge < -0.3 is 10.0 Å². The number of hydrogen-bond acceptors (Lipinski definition) is 2. The topological polar surface area (TPSA) is 23.5 Å². The second kappa shape index (κ2) is 5.73. The van der Waals surface area contributed by atoms with Gasteiger partial charge in [-0.3, -0.25) is 0 Å². The number of hydrogen-bond donors (Lipinski definition) is 1. The Labute approximate surface area is 84.0 Å². The molecule has 14 heavy (non-hydrogen) atoms. The molecule has 0 aromatic heterocycles. The van der Waals surface area contributed by atoms with E-state index in [1.807, 2.05) is 7.05 Å². The summed E-state index contributed by atoms with van der Waals surface area (Å²) in [6.45, 7) is 1.86. The van der Waals surface area contributed by atoms with Crippen LogP contribution >= 0.6 is 0 Å². The van der Waals surface area contributed by atoms with Crippen LogP contribution in [0.2, 0.25) is 0 Å². The molecule has 0 spiro atoms. The lowest BCUT2D eigenvalue weighted by molar-refractivity contribution is 0.244. The molecule has 0 saturated carbocycles. The molecule has 0 aliphatic carbocycles. The Hall–Kier alpha value is -0.930. The minimum Gasteiger partial charge on any atom is -0.396 e. The summed E-state index contributed by atoms with van der Waals surface area (Å²) >= 11 is 0. The van der Waals surface area contributed by atoms with Crippen molar-refractivity contribution in [3.63, 3.8) is 0 Å². The lowest BCUT2D eigenvalue weighted by Gasteiger charge is -2.15. The van der Waals surface area contributed by atoms with E-state index in [1.165, 1.54) is 12.1 Å². The molecule has 1 aromatic rings. The van der Waals surface area contributed by atoms with E-state index in [4.69, 9.17) is 5.11 Å². The third-order valence-electron chi connectivity index (χ3n) is 2.06. The van der Waals surface area contributed by atoms with Gasteiger partial charge in [-0.15, -0.1) is 0 Å². The van der Waals surface area contributed by atoms with Crippen molar-refractivity contribution in [1.82, 2.24) is 4.90 Å². The number of aliphatic hydroxyl groups is 1. The maximum Gasteiger partial charge on any atom is 0.123 e. The van der Waals surface area contributed by atoms with Crippen LogP contribution in [-0.2, 0) is 6.54 Å². The highest BCUT2D eigenvalue weighted by molar-refractivity contribution is 5.15. The number of rotatable bonds is 5. The maximum absolute atomic E-state index is 12.6. The van der Waals surface area contributed by atoms with E-state index in [-0.39, 0.29) is 12.4 Å². The van der Waals surface area contributed by atoms with Crippen molar-refractivity contribution in [2.24, 2.45) is 0 Å². The third kappa shape index (κ3) is 3.85. The SMILES string of the molecule is CN(CCCO)Cc1ccc(F)cc1. The summed E-state index contributed by atoms with van der Waals surface area (Å²) in [4.78, 5) is 2.10. The van der Waals surface area contributed by atoms with Gasteiger partial charge in [0.25, 0.3) is 0 Å². The predicted molar refractivity (Wildman–Crippen MR) is 54.4 cm³/mol. The molecule has 1 rings (SSSR count). The molecule has 0 fully saturated rings. The molecule has 0 heterocycles. The van der Waals surface area contributed by atoms with Crippen LogP contribution < -0.4 is 0 Å². The fourth-order valence-electron chi connectivity index (χ4n) is 1.32. The van der Waals surface area contributed by atoms with Gasteiger partial charge in [-0.1, -0.05) is 12.1 Å². The van der Waals surface area contributed by atoms with Gasteiger partial charge in [0.15, 0.2) is 0 Å². The van der Waals surface area contributed by atoms with Crippen LogP contribution in [0.25, 0.3) is 0 Å². The third-order valence-corrected chi connectivity index (χ3v) is 2.06. The van der Waals surface area contributed by atoms with Gasteiger partial charge in [0.1, 0.15) is 5.82 Å². The van der Waals surface area contributed by atoms with Crippen LogP contribution in [0.5, 0.6) is 0 Å². The van der Waals surface area contributed by atoms with E-state index in [0.717, 1.165) is 25.1 Å². The monoisotopic (exact) mass is 197 g/mol. The molecular weight excluding hydrogens is 181 g/mol. The van der Waals surface area contributed by atoms with Gasteiger partial charge in [-0.05, 0) is 31.2 Å². The van der Waals surface area contributed by atoms with Gasteiger partial charge >= 0.3 is 0 Å². The Morgan fingerprint density at radius 1 is 1.29 bits per heavy atom. The fraction of sp³-hybridized carbons (Fsp3) is 0.455. The summed E-state index contributed by atoms with van der Waals surface area (Å²) < 4.78 is 12.6. The standard InChI is InChI=1S/C11H16FNO/c1-13(7-2-8-14)9-10-3-5-11(12)6-4-10/h3-6,14H,2,7-9H2,1H3. The Balaban J connectivity index is 2.39. The summed E-state index contributed by atoms with van der Waals surface area (Å²) in [6.07, 6.45) is 0.775. The van der Waals surface area contributed by atoms with Gasteiger partial charge in [0.05, 0.1) is 0 Å². The van der Waals surface area contributed by atoms with Crippen molar-refractivity contribution in [3.05, 3.63) is 35.6 Å². The van der Waals surface area contributed by atoms with Crippen molar-refractivity contribution in [1.29, 1.82) is 0 Å². The molecule has 0 bridgehead atoms. The maximum atomic E-state index is 12.6. The number of halogens is 1. The van der Waals surface area contributed by atoms with Crippen LogP contribution in [0.3, 0.4) is 0 Å². The zero-order chi connectivity index (χ0) is 10.4. The van der Waals surface area contributed by atoms with E-state index < -0.39 is 0 Å². The van der Waals surface area contributed by atoms with Crippen LogP contribution in [0.4, 0.5) is 4.39 Å². The molecule has 0 amide bonds. The van der Waals surface area contributed by atoms with E-state index in [1.54, 1.807) is 12.1 Å². The summed E-state index contributed by atoms with van der Waals surface area (Å²) in [7, 11) is 1.99. The van der Waals surface area contributed by atoms with Crippen LogP contribution in [0.1, 0.15) is 12.0 Å². The van der Waals surface area contributed by atoms with Crippen molar-refractivity contribution < 1.29 is 9.50 Å². The van der Waals surface area contributed by atoms with Crippen molar-refractivity contribution in [3.8, 4) is 0 Å². The smallest absolute Gasteiger partial charge is 0.123 e. The molecule has 2 nitrogen and oxygen atoms in total. The van der Waals surface area contributed by atoms with Crippen molar-refractivity contribution in [2.75, 3.05) is 20.2 Å². The zero-order valence-corrected chi connectivity index (χ0v) is 8.41. The average molecular weight is 197 g/mol. The Bertz CT molecular complexity index is 260. The molecule has 3 heteroatoms. The predicted octanol–water partition coefficient (Wildman–Crippen LogP) is 1.64. The van der Waals surface area contributed by atoms with Crippen LogP contribution in [0.15, 0.2) is 24.3 Å². The summed E-state index contributed by atoms with van der Waals surface area (Å²) in [6, 6.07) is 6.50. The summed E-state index contributed by atoms with van der Waals surface area (Å²) in [5.41, 5.74) is 1.09. The number of benzene rings is 1. The molecule has 0 atom stereocenters. The highest BCUT2D eigenvalue weighted by Crippen LogP contribution is 2.05. The summed E-state index contributed by atoms with van der Waals surface area (Å²) in [5.74, 6) is -0.202. The van der Waals surface area contributed by atoms with Gasteiger partial charge in [-0.25, -0.2) is 4.39 Å². The first-order chi connectivity index (χ1) is 6.72. The number of aliphatic hydroxyl groups excluding tert-OH is 1. The summed E-state index contributed by atoms with van der Waals surface area (Å²) in [5, 5.41) is 8.64. The first-order valence-electron chi connectivity index (χ1n) is 4.76. The van der Waals surface area contributed by atoms with E-state index in [9.17, 15) is 4.39 Å². The Morgan fingerprint density at radius 3 is 2.50 bits per heavy atom. The molecule has 78 valence electrons. The van der Waals surface area contributed by atoms with Crippen LogP contribution in [-0.4, -0.2) is 30.2 Å². The largest absolute Gasteiger partial charge is 0.396 e. The second-order valence-electron chi connectivity index (χ2n) is 3.44.